The summed E-state index contributed by atoms with van der Waals surface area (Å²) >= 11 is 2.60. The average molecular weight is 273 g/mol. The Hall–Kier alpha value is 1.12. The molecule has 0 aliphatic heterocycles. The Bertz CT molecular complexity index is 81.5. The van der Waals surface area contributed by atoms with E-state index in [0.717, 1.165) is 0 Å². The first-order valence-corrected chi connectivity index (χ1v) is 13.0. The monoisotopic (exact) mass is 273 g/mol. The van der Waals surface area contributed by atoms with Crippen molar-refractivity contribution >= 4 is 37.5 Å². The van der Waals surface area contributed by atoms with Crippen LogP contribution in [0.3, 0.4) is 0 Å². The third-order valence-corrected chi connectivity index (χ3v) is 10.2. The molecule has 0 aliphatic carbocycles. The molecule has 0 aromatic rings. The summed E-state index contributed by atoms with van der Waals surface area (Å²) in [7, 11) is 2.46. The lowest BCUT2D eigenvalue weighted by Crippen LogP contribution is -2.42. The molecule has 0 saturated heterocycles. The van der Waals surface area contributed by atoms with Crippen molar-refractivity contribution in [1.82, 2.24) is 4.57 Å². The van der Waals surface area contributed by atoms with Crippen LogP contribution in [0.15, 0.2) is 0 Å². The highest BCUT2D eigenvalue weighted by Gasteiger charge is 2.15. The fourth-order valence-corrected chi connectivity index (χ4v) is 10.7. The lowest BCUT2D eigenvalue weighted by molar-refractivity contribution is 0.304. The van der Waals surface area contributed by atoms with Crippen molar-refractivity contribution < 1.29 is 0 Å². The van der Waals surface area contributed by atoms with Gasteiger partial charge >= 0.3 is 0 Å². The Balaban J connectivity index is 3.59. The predicted octanol–water partition coefficient (Wildman–Crippen LogP) is 0.234. The Morgan fingerprint density at radius 1 is 1.33 bits per heavy atom. The topological polar surface area (TPSA) is 3.24 Å². The molecule has 0 fully saturated rings. The van der Waals surface area contributed by atoms with E-state index in [9.17, 15) is 0 Å². The normalized spacial score (nSPS) is 15.3. The largest absolute Gasteiger partial charge is 0.329 e. The molecule has 0 amide bonds. The highest BCUT2D eigenvalue weighted by atomic mass is 127. The van der Waals surface area contributed by atoms with Gasteiger partial charge in [0.2, 0.25) is 0 Å². The van der Waals surface area contributed by atoms with Crippen molar-refractivity contribution in [3.05, 3.63) is 0 Å². The molecule has 4 heteroatoms. The first-order chi connectivity index (χ1) is 3.98. The zero-order valence-corrected chi connectivity index (χ0v) is 11.7. The van der Waals surface area contributed by atoms with Gasteiger partial charge in [0.05, 0.1) is 15.7 Å². The molecule has 0 unspecified atom stereocenters. The smallest absolute Gasteiger partial charge is 0.0973 e. The minimum atomic E-state index is 0.201. The molecule has 0 radical (unpaired) electrons. The molecule has 0 rings (SSSR count). The van der Waals surface area contributed by atoms with E-state index in [1.54, 1.807) is 0 Å². The van der Waals surface area contributed by atoms with E-state index in [2.05, 4.69) is 54.2 Å². The van der Waals surface area contributed by atoms with Gasteiger partial charge in [0.1, 0.15) is 0 Å². The van der Waals surface area contributed by atoms with Gasteiger partial charge in [0.25, 0.3) is 0 Å². The number of hydrogen-bond acceptors (Lipinski definition) is 1. The van der Waals surface area contributed by atoms with Crippen LogP contribution in [-0.4, -0.2) is 32.9 Å². The molecular formula is C5H16INSi2. The standard InChI is InChI=1S/C5H16INSi2/c1-5(2,3)7(4)9-8-6/h8-9H2,1-4H3. The van der Waals surface area contributed by atoms with Gasteiger partial charge < -0.3 is 4.57 Å². The van der Waals surface area contributed by atoms with Crippen LogP contribution in [0.25, 0.3) is 0 Å². The summed E-state index contributed by atoms with van der Waals surface area (Å²) in [6.07, 6.45) is 0. The Labute approximate surface area is 75.3 Å². The SMILES string of the molecule is CN([SiH2][SiH2]I)C(C)(C)C. The van der Waals surface area contributed by atoms with Crippen molar-refractivity contribution in [2.24, 2.45) is 0 Å². The van der Waals surface area contributed by atoms with Gasteiger partial charge in [0.15, 0.2) is 0 Å². The molecule has 0 aromatic carbocycles. The minimum absolute atomic E-state index is 0.201. The molecule has 0 bridgehead atoms. The van der Waals surface area contributed by atoms with Crippen molar-refractivity contribution in [2.45, 2.75) is 26.3 Å². The zero-order chi connectivity index (χ0) is 7.49. The number of hydrogen-bond donors (Lipinski definition) is 0. The van der Waals surface area contributed by atoms with Crippen molar-refractivity contribution in [1.29, 1.82) is 0 Å². The van der Waals surface area contributed by atoms with Gasteiger partial charge in [0, 0.05) is 5.54 Å². The summed E-state index contributed by atoms with van der Waals surface area (Å²) in [5.41, 5.74) is 0.435. The molecule has 0 N–H and O–H groups in total. The van der Waals surface area contributed by atoms with Gasteiger partial charge in [-0.3, -0.25) is 0 Å². The van der Waals surface area contributed by atoms with Crippen LogP contribution in [0.5, 0.6) is 0 Å². The quantitative estimate of drug-likeness (QED) is 0.396. The van der Waals surface area contributed by atoms with Crippen molar-refractivity contribution in [3.63, 3.8) is 0 Å². The molecule has 0 heterocycles. The fraction of sp³-hybridized carbons (Fsp3) is 1.00. The fourth-order valence-electron chi connectivity index (χ4n) is 0.462. The van der Waals surface area contributed by atoms with Crippen LogP contribution in [0.2, 0.25) is 0 Å². The maximum atomic E-state index is 2.60. The second-order valence-electron chi connectivity index (χ2n) is 3.28. The molecule has 0 spiro atoms. The molecule has 0 aromatic heterocycles. The van der Waals surface area contributed by atoms with Gasteiger partial charge in [-0.1, -0.05) is 0 Å². The number of nitrogens with zero attached hydrogens (tertiary/aromatic N) is 1. The highest BCUT2D eigenvalue weighted by Crippen LogP contribution is 2.07. The third-order valence-electron chi connectivity index (χ3n) is 1.57. The van der Waals surface area contributed by atoms with Gasteiger partial charge in [-0.25, -0.2) is 0 Å². The molecule has 56 valence electrons. The first-order valence-electron chi connectivity index (χ1n) is 3.25. The number of rotatable bonds is 2. The first kappa shape index (κ1) is 10.1. The van der Waals surface area contributed by atoms with Gasteiger partial charge in [-0.15, -0.1) is 21.8 Å². The molecular weight excluding hydrogens is 257 g/mol. The van der Waals surface area contributed by atoms with E-state index in [4.69, 9.17) is 0 Å². The predicted molar refractivity (Wildman–Crippen MR) is 58.6 cm³/mol. The summed E-state index contributed by atoms with van der Waals surface area (Å²) in [5.74, 6) is 0. The number of halogens is 1. The zero-order valence-electron chi connectivity index (χ0n) is 6.74. The molecule has 0 aliphatic rings. The van der Waals surface area contributed by atoms with E-state index in [-0.39, 0.29) is 9.20 Å². The summed E-state index contributed by atoms with van der Waals surface area (Å²) in [5, 5.41) is 0. The van der Waals surface area contributed by atoms with Gasteiger partial charge in [-0.05, 0) is 27.8 Å². The van der Waals surface area contributed by atoms with E-state index in [1.807, 2.05) is 0 Å². The second kappa shape index (κ2) is 4.10. The third kappa shape index (κ3) is 4.52. The van der Waals surface area contributed by atoms with E-state index >= 15 is 0 Å². The lowest BCUT2D eigenvalue weighted by Gasteiger charge is -2.31. The van der Waals surface area contributed by atoms with Crippen LogP contribution in [0.4, 0.5) is 0 Å². The summed E-state index contributed by atoms with van der Waals surface area (Å²) in [4.78, 5) is 0. The van der Waals surface area contributed by atoms with Crippen LogP contribution >= 0.6 is 21.8 Å². The summed E-state index contributed by atoms with van der Waals surface area (Å²) in [6, 6.07) is 0. The maximum absolute atomic E-state index is 2.60. The lowest BCUT2D eigenvalue weighted by atomic mass is 10.1. The van der Waals surface area contributed by atoms with E-state index in [0.29, 0.717) is 12.1 Å². The van der Waals surface area contributed by atoms with Crippen LogP contribution < -0.4 is 0 Å². The Morgan fingerprint density at radius 2 is 1.78 bits per heavy atom. The van der Waals surface area contributed by atoms with Gasteiger partial charge in [-0.2, -0.15) is 0 Å². The summed E-state index contributed by atoms with van der Waals surface area (Å²) < 4.78 is 2.56. The van der Waals surface area contributed by atoms with Crippen molar-refractivity contribution in [2.75, 3.05) is 7.05 Å². The van der Waals surface area contributed by atoms with Crippen molar-refractivity contribution in [3.8, 4) is 0 Å². The van der Waals surface area contributed by atoms with Crippen LogP contribution in [0.1, 0.15) is 20.8 Å². The Morgan fingerprint density at radius 3 is 1.89 bits per heavy atom. The average Bonchev–Trinajstić information content (AvgIpc) is 1.64. The van der Waals surface area contributed by atoms with E-state index < -0.39 is 0 Å². The second-order valence-corrected chi connectivity index (χ2v) is 17.2. The molecule has 0 atom stereocenters. The Kier molecular flexibility index (Phi) is 4.61. The van der Waals surface area contributed by atoms with E-state index in [1.165, 1.54) is 0 Å². The minimum Gasteiger partial charge on any atom is -0.329 e. The molecule has 1 nitrogen and oxygen atoms in total. The summed E-state index contributed by atoms with van der Waals surface area (Å²) in [6.45, 7) is 7.20. The maximum Gasteiger partial charge on any atom is 0.0973 e. The highest BCUT2D eigenvalue weighted by molar-refractivity contribution is 14.1. The van der Waals surface area contributed by atoms with Crippen LogP contribution in [-0.2, 0) is 0 Å². The van der Waals surface area contributed by atoms with Crippen LogP contribution in [0, 0.1) is 0 Å². The molecule has 0 saturated carbocycles. The molecule has 9 heavy (non-hydrogen) atoms.